The molecular formula is C35H26N6O2. The molecule has 8 nitrogen and oxygen atoms in total. The molecule has 7 rings (SSSR count). The molecule has 4 heterocycles. The van der Waals surface area contributed by atoms with Crippen molar-refractivity contribution in [2.45, 2.75) is 19.9 Å². The number of nitrogens with zero attached hydrogens (tertiary/aromatic N) is 4. The molecule has 0 bridgehead atoms. The summed E-state index contributed by atoms with van der Waals surface area (Å²) in [7, 11) is 0. The number of aryl methyl sites for hydroxylation is 1. The molecule has 2 N–H and O–H groups in total. The normalized spacial score (nSPS) is 11.9. The zero-order chi connectivity index (χ0) is 29.5. The third kappa shape index (κ3) is 4.53. The number of nitrogens with one attached hydrogen (secondary N) is 2. The number of carbonyl (C=O) groups is 1. The molecule has 43 heavy (non-hydrogen) atoms. The van der Waals surface area contributed by atoms with Gasteiger partial charge in [0, 0.05) is 46.4 Å². The first-order chi connectivity index (χ1) is 21.0. The topological polar surface area (TPSA) is 97.1 Å². The maximum Gasteiger partial charge on any atom is 0.264 e. The summed E-state index contributed by atoms with van der Waals surface area (Å²) in [6, 6.07) is 26.3. The SMILES string of the molecule is Cc1nn2cccnc2c1C(=O)N[C@H](C)c1cc2cccc(C#Cc3c[nH]c4ccccc34)c2c(=O)n1-c1ccccc1. The average molecular weight is 563 g/mol. The summed E-state index contributed by atoms with van der Waals surface area (Å²) in [6.45, 7) is 3.65. The van der Waals surface area contributed by atoms with Crippen LogP contribution in [0.4, 0.5) is 0 Å². The predicted molar refractivity (Wildman–Crippen MR) is 167 cm³/mol. The van der Waals surface area contributed by atoms with Gasteiger partial charge in [-0.1, -0.05) is 60.4 Å². The summed E-state index contributed by atoms with van der Waals surface area (Å²) in [5, 5.41) is 9.79. The van der Waals surface area contributed by atoms with Gasteiger partial charge in [-0.3, -0.25) is 14.2 Å². The zero-order valence-electron chi connectivity index (χ0n) is 23.5. The summed E-state index contributed by atoms with van der Waals surface area (Å²) < 4.78 is 3.25. The summed E-state index contributed by atoms with van der Waals surface area (Å²) in [4.78, 5) is 35.5. The van der Waals surface area contributed by atoms with Crippen LogP contribution in [0.5, 0.6) is 0 Å². The standard InChI is InChI=1S/C35H26N6O2/c1-22(38-34(42)31-23(2)39-40-19-9-18-36-33(31)40)30-20-25-11-8-10-24(16-17-26-21-37-29-15-7-6-14-28(26)29)32(25)35(43)41(30)27-12-4-3-5-13-27/h3-15,18-22,37H,1-2H3,(H,38,42)/t22-/m1/s1. The van der Waals surface area contributed by atoms with Gasteiger partial charge in [0.1, 0.15) is 5.56 Å². The van der Waals surface area contributed by atoms with Crippen molar-refractivity contribution >= 4 is 33.2 Å². The predicted octanol–water partition coefficient (Wildman–Crippen LogP) is 5.71. The van der Waals surface area contributed by atoms with Crippen molar-refractivity contribution in [2.24, 2.45) is 0 Å². The molecule has 7 aromatic rings. The van der Waals surface area contributed by atoms with Crippen molar-refractivity contribution < 1.29 is 4.79 Å². The maximum atomic E-state index is 14.3. The maximum absolute atomic E-state index is 14.3. The minimum Gasteiger partial charge on any atom is -0.360 e. The average Bonchev–Trinajstić information content (AvgIpc) is 3.60. The molecule has 1 amide bonds. The van der Waals surface area contributed by atoms with Gasteiger partial charge in [-0.05, 0) is 55.6 Å². The lowest BCUT2D eigenvalue weighted by atomic mass is 10.0. The molecule has 8 heteroatoms. The monoisotopic (exact) mass is 562 g/mol. The zero-order valence-corrected chi connectivity index (χ0v) is 23.5. The van der Waals surface area contributed by atoms with E-state index in [1.807, 2.05) is 92.0 Å². The van der Waals surface area contributed by atoms with Gasteiger partial charge < -0.3 is 10.3 Å². The molecular weight excluding hydrogens is 536 g/mol. The van der Waals surface area contributed by atoms with Gasteiger partial charge in [0.2, 0.25) is 0 Å². The van der Waals surface area contributed by atoms with Crippen molar-refractivity contribution in [3.8, 4) is 17.5 Å². The van der Waals surface area contributed by atoms with E-state index in [0.29, 0.717) is 39.2 Å². The Labute approximate surface area is 246 Å². The number of aromatic amines is 1. The van der Waals surface area contributed by atoms with Crippen LogP contribution in [0.2, 0.25) is 0 Å². The summed E-state index contributed by atoms with van der Waals surface area (Å²) in [6.07, 6.45) is 5.27. The first-order valence-corrected chi connectivity index (χ1v) is 13.9. The number of amides is 1. The molecule has 1 atom stereocenters. The Balaban J connectivity index is 1.35. The van der Waals surface area contributed by atoms with Crippen LogP contribution in [-0.2, 0) is 0 Å². The molecule has 0 aliphatic heterocycles. The van der Waals surface area contributed by atoms with Gasteiger partial charge in [0.05, 0.1) is 22.7 Å². The molecule has 4 aromatic heterocycles. The highest BCUT2D eigenvalue weighted by Gasteiger charge is 2.23. The van der Waals surface area contributed by atoms with Crippen LogP contribution in [0, 0.1) is 18.8 Å². The number of pyridine rings is 1. The fourth-order valence-corrected chi connectivity index (χ4v) is 5.56. The second kappa shape index (κ2) is 10.5. The lowest BCUT2D eigenvalue weighted by Gasteiger charge is -2.21. The number of rotatable bonds is 4. The molecule has 0 radical (unpaired) electrons. The minimum absolute atomic E-state index is 0.211. The molecule has 208 valence electrons. The van der Waals surface area contributed by atoms with Crippen molar-refractivity contribution in [1.29, 1.82) is 0 Å². The fourth-order valence-electron chi connectivity index (χ4n) is 5.56. The van der Waals surface area contributed by atoms with E-state index < -0.39 is 6.04 Å². The molecule has 0 saturated heterocycles. The highest BCUT2D eigenvalue weighted by molar-refractivity contribution is 6.01. The summed E-state index contributed by atoms with van der Waals surface area (Å²) >= 11 is 0. The Hall–Kier alpha value is -5.94. The van der Waals surface area contributed by atoms with Gasteiger partial charge in [0.25, 0.3) is 11.5 Å². The van der Waals surface area contributed by atoms with Crippen molar-refractivity contribution in [2.75, 3.05) is 0 Å². The van der Waals surface area contributed by atoms with E-state index in [1.165, 1.54) is 0 Å². The van der Waals surface area contributed by atoms with E-state index in [9.17, 15) is 9.59 Å². The molecule has 3 aromatic carbocycles. The third-order valence-electron chi connectivity index (χ3n) is 7.60. The van der Waals surface area contributed by atoms with Crippen LogP contribution in [0.3, 0.4) is 0 Å². The number of para-hydroxylation sites is 2. The van der Waals surface area contributed by atoms with Gasteiger partial charge in [-0.2, -0.15) is 5.10 Å². The molecule has 0 spiro atoms. The number of hydrogen-bond donors (Lipinski definition) is 2. The van der Waals surface area contributed by atoms with E-state index >= 15 is 0 Å². The van der Waals surface area contributed by atoms with Gasteiger partial charge in [0.15, 0.2) is 5.65 Å². The van der Waals surface area contributed by atoms with Crippen molar-refractivity contribution in [3.05, 3.63) is 142 Å². The van der Waals surface area contributed by atoms with Crippen LogP contribution < -0.4 is 10.9 Å². The van der Waals surface area contributed by atoms with Crippen LogP contribution in [0.25, 0.3) is 33.0 Å². The molecule has 0 aliphatic rings. The highest BCUT2D eigenvalue weighted by atomic mass is 16.2. The van der Waals surface area contributed by atoms with E-state index in [2.05, 4.69) is 32.2 Å². The van der Waals surface area contributed by atoms with Crippen LogP contribution in [0.15, 0.2) is 108 Å². The largest absolute Gasteiger partial charge is 0.360 e. The third-order valence-corrected chi connectivity index (χ3v) is 7.60. The number of fused-ring (bicyclic) bond motifs is 3. The van der Waals surface area contributed by atoms with E-state index in [-0.39, 0.29) is 11.5 Å². The lowest BCUT2D eigenvalue weighted by Crippen LogP contribution is -2.32. The fraction of sp³-hybridized carbons (Fsp3) is 0.0857. The quantitative estimate of drug-likeness (QED) is 0.269. The Bertz CT molecular complexity index is 2300. The smallest absolute Gasteiger partial charge is 0.264 e. The van der Waals surface area contributed by atoms with E-state index in [0.717, 1.165) is 21.9 Å². The lowest BCUT2D eigenvalue weighted by molar-refractivity contribution is 0.0939. The second-order valence-electron chi connectivity index (χ2n) is 10.4. The van der Waals surface area contributed by atoms with Crippen LogP contribution >= 0.6 is 0 Å². The first-order valence-electron chi connectivity index (χ1n) is 13.9. The number of carbonyl (C=O) groups excluding carboxylic acids is 1. The van der Waals surface area contributed by atoms with Crippen molar-refractivity contribution in [1.82, 2.24) is 29.5 Å². The van der Waals surface area contributed by atoms with Gasteiger partial charge in [-0.15, -0.1) is 0 Å². The minimum atomic E-state index is -0.524. The second-order valence-corrected chi connectivity index (χ2v) is 10.4. The Morgan fingerprint density at radius 2 is 1.74 bits per heavy atom. The van der Waals surface area contributed by atoms with Crippen molar-refractivity contribution in [3.63, 3.8) is 0 Å². The molecule has 0 fully saturated rings. The first kappa shape index (κ1) is 26.0. The highest BCUT2D eigenvalue weighted by Crippen LogP contribution is 2.24. The number of aromatic nitrogens is 5. The Morgan fingerprint density at radius 1 is 0.953 bits per heavy atom. The van der Waals surface area contributed by atoms with Gasteiger partial charge >= 0.3 is 0 Å². The molecule has 0 unspecified atom stereocenters. The molecule has 0 aliphatic carbocycles. The van der Waals surface area contributed by atoms with E-state index in [1.54, 1.807) is 34.5 Å². The summed E-state index contributed by atoms with van der Waals surface area (Å²) in [5.41, 5.74) is 5.07. The van der Waals surface area contributed by atoms with Crippen LogP contribution in [-0.4, -0.2) is 30.1 Å². The van der Waals surface area contributed by atoms with E-state index in [4.69, 9.17) is 0 Å². The number of H-pyrrole nitrogens is 1. The number of benzene rings is 3. The number of hydrogen-bond acceptors (Lipinski definition) is 4. The Kier molecular flexibility index (Phi) is 6.33. The van der Waals surface area contributed by atoms with Crippen LogP contribution in [0.1, 0.15) is 45.8 Å². The summed E-state index contributed by atoms with van der Waals surface area (Å²) in [5.74, 6) is 6.20. The van der Waals surface area contributed by atoms with Gasteiger partial charge in [-0.25, -0.2) is 9.50 Å². The Morgan fingerprint density at radius 3 is 2.60 bits per heavy atom. The molecule has 0 saturated carbocycles.